The monoisotopic (exact) mass is 336 g/mol. The highest BCUT2D eigenvalue weighted by molar-refractivity contribution is 7.89. The highest BCUT2D eigenvalue weighted by Gasteiger charge is 2.32. The van der Waals surface area contributed by atoms with Crippen molar-refractivity contribution in [3.8, 4) is 0 Å². The zero-order valence-corrected chi connectivity index (χ0v) is 13.9. The fourth-order valence-corrected chi connectivity index (χ4v) is 3.61. The van der Waals surface area contributed by atoms with E-state index in [1.807, 2.05) is 0 Å². The van der Waals surface area contributed by atoms with Crippen molar-refractivity contribution in [3.05, 3.63) is 30.1 Å². The first-order chi connectivity index (χ1) is 9.31. The van der Waals surface area contributed by atoms with Crippen LogP contribution < -0.4 is 10.0 Å². The van der Waals surface area contributed by atoms with Crippen LogP contribution in [0.5, 0.6) is 0 Å². The molecular weight excluding hydrogens is 315 g/mol. The summed E-state index contributed by atoms with van der Waals surface area (Å²) >= 11 is 0. The van der Waals surface area contributed by atoms with Gasteiger partial charge >= 0.3 is 0 Å². The molecule has 4 nitrogen and oxygen atoms in total. The minimum atomic E-state index is -3.66. The minimum Gasteiger partial charge on any atom is -0.312 e. The number of sulfonamides is 1. The van der Waals surface area contributed by atoms with Crippen molar-refractivity contribution in [2.75, 3.05) is 13.1 Å². The molecule has 120 valence electrons. The Morgan fingerprint density at radius 1 is 1.43 bits per heavy atom. The topological polar surface area (TPSA) is 58.2 Å². The quantitative estimate of drug-likeness (QED) is 0.887. The van der Waals surface area contributed by atoms with Gasteiger partial charge in [0.1, 0.15) is 5.82 Å². The van der Waals surface area contributed by atoms with E-state index in [-0.39, 0.29) is 28.8 Å². The summed E-state index contributed by atoms with van der Waals surface area (Å²) in [4.78, 5) is -0.0360. The lowest BCUT2D eigenvalue weighted by Gasteiger charge is -2.39. The molecule has 1 heterocycles. The summed E-state index contributed by atoms with van der Waals surface area (Å²) in [5, 5.41) is 3.34. The zero-order valence-electron chi connectivity index (χ0n) is 12.2. The van der Waals surface area contributed by atoms with Crippen LogP contribution in [0.15, 0.2) is 29.2 Å². The maximum atomic E-state index is 13.1. The lowest BCUT2D eigenvalue weighted by Crippen LogP contribution is -2.52. The molecule has 0 aromatic heterocycles. The van der Waals surface area contributed by atoms with Crippen LogP contribution in [0.1, 0.15) is 26.7 Å². The van der Waals surface area contributed by atoms with Gasteiger partial charge in [0.05, 0.1) is 4.90 Å². The van der Waals surface area contributed by atoms with Crippen LogP contribution in [0.2, 0.25) is 0 Å². The van der Waals surface area contributed by atoms with Gasteiger partial charge in [-0.05, 0) is 43.0 Å². The molecule has 2 rings (SSSR count). The van der Waals surface area contributed by atoms with E-state index in [1.165, 1.54) is 18.2 Å². The average Bonchev–Trinajstić information content (AvgIpc) is 2.37. The number of rotatable bonds is 4. The molecule has 0 amide bonds. The molecule has 1 aromatic rings. The molecule has 0 spiro atoms. The summed E-state index contributed by atoms with van der Waals surface area (Å²) in [6, 6.07) is 5.13. The molecule has 21 heavy (non-hydrogen) atoms. The summed E-state index contributed by atoms with van der Waals surface area (Å²) in [6.45, 7) is 5.46. The summed E-state index contributed by atoms with van der Waals surface area (Å²) in [6.07, 6.45) is 2.16. The Bertz CT molecular complexity index is 578. The number of piperidine rings is 1. The molecule has 0 bridgehead atoms. The van der Waals surface area contributed by atoms with Crippen LogP contribution in [0, 0.1) is 11.2 Å². The van der Waals surface area contributed by atoms with Gasteiger partial charge in [-0.1, -0.05) is 19.9 Å². The van der Waals surface area contributed by atoms with Gasteiger partial charge in [-0.25, -0.2) is 17.5 Å². The van der Waals surface area contributed by atoms with E-state index < -0.39 is 15.8 Å². The number of benzene rings is 1. The SMILES string of the molecule is CC1(C)CCCNC1CNS(=O)(=O)c1cccc(F)c1.Cl. The van der Waals surface area contributed by atoms with E-state index in [2.05, 4.69) is 23.9 Å². The van der Waals surface area contributed by atoms with Crippen molar-refractivity contribution >= 4 is 22.4 Å². The fourth-order valence-electron chi connectivity index (χ4n) is 2.53. The Kier molecular flexibility index (Phi) is 6.16. The van der Waals surface area contributed by atoms with Crippen molar-refractivity contribution < 1.29 is 12.8 Å². The van der Waals surface area contributed by atoms with Crippen LogP contribution in [0.4, 0.5) is 4.39 Å². The Morgan fingerprint density at radius 2 is 2.14 bits per heavy atom. The number of nitrogens with one attached hydrogen (secondary N) is 2. The predicted molar refractivity (Wildman–Crippen MR) is 83.6 cm³/mol. The van der Waals surface area contributed by atoms with Gasteiger partial charge < -0.3 is 5.32 Å². The van der Waals surface area contributed by atoms with E-state index in [0.717, 1.165) is 25.5 Å². The van der Waals surface area contributed by atoms with Crippen LogP contribution in [0.3, 0.4) is 0 Å². The highest BCUT2D eigenvalue weighted by atomic mass is 35.5. The Morgan fingerprint density at radius 3 is 2.76 bits per heavy atom. The normalized spacial score (nSPS) is 21.6. The molecule has 0 radical (unpaired) electrons. The van der Waals surface area contributed by atoms with Gasteiger partial charge in [0.2, 0.25) is 10.0 Å². The first-order valence-electron chi connectivity index (χ1n) is 6.80. The third-order valence-corrected chi connectivity index (χ3v) is 5.34. The second-order valence-electron chi connectivity index (χ2n) is 5.91. The Hall–Kier alpha value is -0.690. The fraction of sp³-hybridized carbons (Fsp3) is 0.571. The predicted octanol–water partition coefficient (Wildman–Crippen LogP) is 2.30. The van der Waals surface area contributed by atoms with E-state index in [1.54, 1.807) is 0 Å². The van der Waals surface area contributed by atoms with Crippen LogP contribution in [0.25, 0.3) is 0 Å². The van der Waals surface area contributed by atoms with Gasteiger partial charge in [-0.3, -0.25) is 0 Å². The van der Waals surface area contributed by atoms with Crippen LogP contribution in [-0.4, -0.2) is 27.5 Å². The molecule has 0 saturated carbocycles. The molecule has 1 aliphatic heterocycles. The van der Waals surface area contributed by atoms with Crippen LogP contribution >= 0.6 is 12.4 Å². The largest absolute Gasteiger partial charge is 0.312 e. The average molecular weight is 337 g/mol. The van der Waals surface area contributed by atoms with Gasteiger partial charge in [0.15, 0.2) is 0 Å². The smallest absolute Gasteiger partial charge is 0.240 e. The highest BCUT2D eigenvalue weighted by Crippen LogP contribution is 2.29. The van der Waals surface area contributed by atoms with E-state index in [9.17, 15) is 12.8 Å². The minimum absolute atomic E-state index is 0. The van der Waals surface area contributed by atoms with Crippen molar-refractivity contribution in [2.45, 2.75) is 37.6 Å². The van der Waals surface area contributed by atoms with Gasteiger partial charge in [0, 0.05) is 12.6 Å². The Balaban J connectivity index is 0.00000220. The standard InChI is InChI=1S/C14H21FN2O2S.ClH/c1-14(2)7-4-8-16-13(14)10-17-20(18,19)12-6-3-5-11(15)9-12;/h3,5-6,9,13,16-17H,4,7-8,10H2,1-2H3;1H. The molecule has 1 atom stereocenters. The number of halogens is 2. The molecule has 0 aliphatic carbocycles. The van der Waals surface area contributed by atoms with Gasteiger partial charge in [-0.2, -0.15) is 0 Å². The first kappa shape index (κ1) is 18.4. The van der Waals surface area contributed by atoms with Crippen LogP contribution in [-0.2, 0) is 10.0 Å². The molecule has 1 saturated heterocycles. The first-order valence-corrected chi connectivity index (χ1v) is 8.28. The molecular formula is C14H22ClFN2O2S. The molecule has 2 N–H and O–H groups in total. The number of hydrogen-bond donors (Lipinski definition) is 2. The molecule has 1 aromatic carbocycles. The Labute approximate surface area is 132 Å². The summed E-state index contributed by atoms with van der Waals surface area (Å²) in [7, 11) is -3.66. The maximum Gasteiger partial charge on any atom is 0.240 e. The van der Waals surface area contributed by atoms with Gasteiger partial charge in [-0.15, -0.1) is 12.4 Å². The van der Waals surface area contributed by atoms with Crippen molar-refractivity contribution in [3.63, 3.8) is 0 Å². The molecule has 1 aliphatic rings. The second-order valence-corrected chi connectivity index (χ2v) is 7.68. The third kappa shape index (κ3) is 4.64. The lowest BCUT2D eigenvalue weighted by molar-refractivity contribution is 0.181. The van der Waals surface area contributed by atoms with E-state index in [4.69, 9.17) is 0 Å². The summed E-state index contributed by atoms with van der Waals surface area (Å²) in [5.41, 5.74) is 0.0444. The van der Waals surface area contributed by atoms with Crippen molar-refractivity contribution in [1.82, 2.24) is 10.0 Å². The molecule has 1 fully saturated rings. The summed E-state index contributed by atoms with van der Waals surface area (Å²) in [5.74, 6) is -0.552. The maximum absolute atomic E-state index is 13.1. The van der Waals surface area contributed by atoms with Gasteiger partial charge in [0.25, 0.3) is 0 Å². The third-order valence-electron chi connectivity index (χ3n) is 3.92. The van der Waals surface area contributed by atoms with E-state index in [0.29, 0.717) is 6.54 Å². The van der Waals surface area contributed by atoms with E-state index >= 15 is 0 Å². The summed E-state index contributed by atoms with van der Waals surface area (Å²) < 4.78 is 39.9. The van der Waals surface area contributed by atoms with Crippen molar-refractivity contribution in [2.24, 2.45) is 5.41 Å². The molecule has 7 heteroatoms. The zero-order chi connectivity index (χ0) is 14.8. The lowest BCUT2D eigenvalue weighted by atomic mass is 9.78. The number of hydrogen-bond acceptors (Lipinski definition) is 3. The molecule has 1 unspecified atom stereocenters. The van der Waals surface area contributed by atoms with Crippen molar-refractivity contribution in [1.29, 1.82) is 0 Å². The second kappa shape index (κ2) is 7.05.